The molecule has 15 heavy (non-hydrogen) atoms. The minimum absolute atomic E-state index is 0.373. The van der Waals surface area contributed by atoms with Gasteiger partial charge in [-0.3, -0.25) is 9.89 Å². The lowest BCUT2D eigenvalue weighted by Gasteiger charge is -2.11. The number of nitrogens with two attached hydrogens (primary N) is 1. The van der Waals surface area contributed by atoms with Gasteiger partial charge in [0.05, 0.1) is 12.1 Å². The fourth-order valence-electron chi connectivity index (χ4n) is 1.59. The van der Waals surface area contributed by atoms with Crippen LogP contribution in [0.3, 0.4) is 0 Å². The van der Waals surface area contributed by atoms with Gasteiger partial charge < -0.3 is 5.73 Å². The number of primary amides is 1. The van der Waals surface area contributed by atoms with Crippen molar-refractivity contribution in [2.45, 2.75) is 5.92 Å². The van der Waals surface area contributed by atoms with E-state index in [9.17, 15) is 4.79 Å². The van der Waals surface area contributed by atoms with Gasteiger partial charge in [-0.15, -0.1) is 0 Å². The van der Waals surface area contributed by atoms with Gasteiger partial charge in [0, 0.05) is 11.8 Å². The maximum Gasteiger partial charge on any atom is 0.229 e. The van der Waals surface area contributed by atoms with E-state index >= 15 is 0 Å². The molecule has 3 N–H and O–H groups in total. The highest BCUT2D eigenvalue weighted by atomic mass is 16.1. The molecule has 0 bridgehead atoms. The summed E-state index contributed by atoms with van der Waals surface area (Å²) in [5.74, 6) is -0.799. The van der Waals surface area contributed by atoms with E-state index in [1.165, 1.54) is 0 Å². The van der Waals surface area contributed by atoms with E-state index in [1.807, 2.05) is 30.3 Å². The Labute approximate surface area is 87.1 Å². The molecule has 0 aliphatic heterocycles. The Bertz CT molecular complexity index is 436. The molecule has 1 atom stereocenters. The van der Waals surface area contributed by atoms with Crippen molar-refractivity contribution in [1.82, 2.24) is 10.2 Å². The van der Waals surface area contributed by atoms with Gasteiger partial charge in [0.25, 0.3) is 0 Å². The minimum Gasteiger partial charge on any atom is -0.369 e. The molecular formula is C11H11N3O. The van der Waals surface area contributed by atoms with E-state index in [2.05, 4.69) is 10.2 Å². The number of aromatic nitrogens is 2. The first kappa shape index (κ1) is 9.45. The number of carbonyl (C=O) groups is 1. The van der Waals surface area contributed by atoms with Crippen LogP contribution in [-0.2, 0) is 4.79 Å². The molecule has 0 radical (unpaired) electrons. The van der Waals surface area contributed by atoms with E-state index in [4.69, 9.17) is 5.73 Å². The number of hydrogen-bond donors (Lipinski definition) is 2. The van der Waals surface area contributed by atoms with Crippen LogP contribution in [0, 0.1) is 0 Å². The number of hydrogen-bond acceptors (Lipinski definition) is 2. The van der Waals surface area contributed by atoms with Crippen molar-refractivity contribution >= 4 is 5.91 Å². The lowest BCUT2D eigenvalue weighted by molar-refractivity contribution is -0.118. The summed E-state index contributed by atoms with van der Waals surface area (Å²) in [5.41, 5.74) is 7.05. The van der Waals surface area contributed by atoms with E-state index in [-0.39, 0.29) is 5.91 Å². The molecule has 2 rings (SSSR count). The number of nitrogens with zero attached hydrogens (tertiary/aromatic N) is 1. The molecule has 0 aliphatic carbocycles. The fraction of sp³-hybridized carbons (Fsp3) is 0.0909. The Morgan fingerprint density at radius 1 is 1.27 bits per heavy atom. The molecule has 4 heteroatoms. The van der Waals surface area contributed by atoms with Crippen LogP contribution in [0.25, 0.3) is 0 Å². The lowest BCUT2D eigenvalue weighted by Crippen LogP contribution is -2.21. The monoisotopic (exact) mass is 201 g/mol. The second-order valence-electron chi connectivity index (χ2n) is 3.28. The molecule has 0 aliphatic rings. The third-order valence-electron chi connectivity index (χ3n) is 2.27. The molecule has 0 spiro atoms. The molecule has 1 aromatic heterocycles. The molecule has 4 nitrogen and oxygen atoms in total. The summed E-state index contributed by atoms with van der Waals surface area (Å²) >= 11 is 0. The zero-order chi connectivity index (χ0) is 10.7. The highest BCUT2D eigenvalue weighted by Gasteiger charge is 2.20. The van der Waals surface area contributed by atoms with Crippen molar-refractivity contribution < 1.29 is 4.79 Å². The van der Waals surface area contributed by atoms with Gasteiger partial charge in [0.15, 0.2) is 0 Å². The van der Waals surface area contributed by atoms with Crippen molar-refractivity contribution in [2.24, 2.45) is 5.73 Å². The number of H-pyrrole nitrogens is 1. The van der Waals surface area contributed by atoms with Gasteiger partial charge in [-0.05, 0) is 5.56 Å². The van der Waals surface area contributed by atoms with Gasteiger partial charge >= 0.3 is 0 Å². The van der Waals surface area contributed by atoms with Crippen molar-refractivity contribution in [1.29, 1.82) is 0 Å². The molecule has 0 unspecified atom stereocenters. The Morgan fingerprint density at radius 2 is 2.00 bits per heavy atom. The summed E-state index contributed by atoms with van der Waals surface area (Å²) in [6.45, 7) is 0. The van der Waals surface area contributed by atoms with Crippen LogP contribution in [0.4, 0.5) is 0 Å². The molecule has 1 aromatic carbocycles. The highest BCUT2D eigenvalue weighted by molar-refractivity contribution is 5.85. The molecule has 1 heterocycles. The first-order chi connectivity index (χ1) is 7.29. The maximum absolute atomic E-state index is 11.4. The number of amides is 1. The van der Waals surface area contributed by atoms with Crippen LogP contribution in [0.15, 0.2) is 42.7 Å². The van der Waals surface area contributed by atoms with Crippen LogP contribution < -0.4 is 5.73 Å². The first-order valence-electron chi connectivity index (χ1n) is 4.62. The summed E-state index contributed by atoms with van der Waals surface area (Å²) in [5, 5.41) is 6.50. The Kier molecular flexibility index (Phi) is 2.49. The summed E-state index contributed by atoms with van der Waals surface area (Å²) in [7, 11) is 0. The van der Waals surface area contributed by atoms with Crippen LogP contribution in [0.1, 0.15) is 17.0 Å². The minimum atomic E-state index is -0.426. The summed E-state index contributed by atoms with van der Waals surface area (Å²) in [6.07, 6.45) is 3.30. The quantitative estimate of drug-likeness (QED) is 0.778. The first-order valence-corrected chi connectivity index (χ1v) is 4.62. The average molecular weight is 201 g/mol. The highest BCUT2D eigenvalue weighted by Crippen LogP contribution is 2.22. The number of rotatable bonds is 3. The van der Waals surface area contributed by atoms with Gasteiger partial charge in [-0.2, -0.15) is 5.10 Å². The smallest absolute Gasteiger partial charge is 0.229 e. The zero-order valence-corrected chi connectivity index (χ0v) is 8.05. The van der Waals surface area contributed by atoms with Crippen molar-refractivity contribution in [2.75, 3.05) is 0 Å². The normalized spacial score (nSPS) is 12.3. The largest absolute Gasteiger partial charge is 0.369 e. The number of nitrogens with one attached hydrogen (secondary N) is 1. The molecule has 1 amide bonds. The molecular weight excluding hydrogens is 190 g/mol. The van der Waals surface area contributed by atoms with Crippen LogP contribution >= 0.6 is 0 Å². The second kappa shape index (κ2) is 3.96. The predicted molar refractivity (Wildman–Crippen MR) is 56.1 cm³/mol. The number of carbonyl (C=O) groups excluding carboxylic acids is 1. The van der Waals surface area contributed by atoms with E-state index < -0.39 is 5.92 Å². The fourth-order valence-corrected chi connectivity index (χ4v) is 1.59. The maximum atomic E-state index is 11.4. The Hall–Kier alpha value is -2.10. The topological polar surface area (TPSA) is 71.8 Å². The Morgan fingerprint density at radius 3 is 2.53 bits per heavy atom. The summed E-state index contributed by atoms with van der Waals surface area (Å²) in [6, 6.07) is 9.42. The van der Waals surface area contributed by atoms with Crippen molar-refractivity contribution in [3.63, 3.8) is 0 Å². The second-order valence-corrected chi connectivity index (χ2v) is 3.28. The van der Waals surface area contributed by atoms with Crippen LogP contribution in [-0.4, -0.2) is 16.1 Å². The van der Waals surface area contributed by atoms with E-state index in [0.29, 0.717) is 0 Å². The van der Waals surface area contributed by atoms with Gasteiger partial charge in [-0.25, -0.2) is 0 Å². The summed E-state index contributed by atoms with van der Waals surface area (Å²) < 4.78 is 0. The van der Waals surface area contributed by atoms with E-state index in [0.717, 1.165) is 11.1 Å². The molecule has 0 fully saturated rings. The third-order valence-corrected chi connectivity index (χ3v) is 2.27. The van der Waals surface area contributed by atoms with Crippen molar-refractivity contribution in [3.8, 4) is 0 Å². The summed E-state index contributed by atoms with van der Waals surface area (Å²) in [4.78, 5) is 11.4. The van der Waals surface area contributed by atoms with Crippen molar-refractivity contribution in [3.05, 3.63) is 53.9 Å². The standard InChI is InChI=1S/C11H11N3O/c12-11(15)10(9-6-13-14-7-9)8-4-2-1-3-5-8/h1-7,10H,(H2,12,15)(H,13,14)/t10-/m0/s1. The average Bonchev–Trinajstić information content (AvgIpc) is 2.72. The molecule has 76 valence electrons. The Balaban J connectivity index is 2.42. The predicted octanol–water partition coefficient (Wildman–Crippen LogP) is 1.03. The molecule has 0 saturated heterocycles. The molecule has 0 saturated carbocycles. The van der Waals surface area contributed by atoms with Gasteiger partial charge in [0.2, 0.25) is 5.91 Å². The molecule has 2 aromatic rings. The third kappa shape index (κ3) is 1.88. The van der Waals surface area contributed by atoms with Gasteiger partial charge in [0.1, 0.15) is 0 Å². The van der Waals surface area contributed by atoms with Crippen LogP contribution in [0.5, 0.6) is 0 Å². The SMILES string of the molecule is NC(=O)[C@@H](c1ccccc1)c1cn[nH]c1. The van der Waals surface area contributed by atoms with Gasteiger partial charge in [-0.1, -0.05) is 30.3 Å². The van der Waals surface area contributed by atoms with Crippen LogP contribution in [0.2, 0.25) is 0 Å². The van der Waals surface area contributed by atoms with E-state index in [1.54, 1.807) is 12.4 Å². The lowest BCUT2D eigenvalue weighted by atomic mass is 9.93. The zero-order valence-electron chi connectivity index (χ0n) is 8.05. The number of benzene rings is 1. The number of aromatic amines is 1.